The van der Waals surface area contributed by atoms with E-state index < -0.39 is 6.61 Å². The number of halogens is 2. The van der Waals surface area contributed by atoms with E-state index in [-0.39, 0.29) is 11.7 Å². The molecule has 1 aliphatic rings. The van der Waals surface area contributed by atoms with Gasteiger partial charge < -0.3 is 15.0 Å². The maximum Gasteiger partial charge on any atom is 0.387 e. The normalized spacial score (nSPS) is 19.2. The van der Waals surface area contributed by atoms with Gasteiger partial charge in [0.15, 0.2) is 6.54 Å². The Kier molecular flexibility index (Phi) is 6.21. The van der Waals surface area contributed by atoms with Gasteiger partial charge in [0.05, 0.1) is 6.54 Å². The van der Waals surface area contributed by atoms with E-state index in [0.717, 1.165) is 18.5 Å². The lowest BCUT2D eigenvalue weighted by Gasteiger charge is -2.29. The molecule has 4 nitrogen and oxygen atoms in total. The summed E-state index contributed by atoms with van der Waals surface area (Å²) in [6, 6.07) is 9.02. The zero-order valence-corrected chi connectivity index (χ0v) is 15.5. The van der Waals surface area contributed by atoms with E-state index in [0.29, 0.717) is 25.6 Å². The summed E-state index contributed by atoms with van der Waals surface area (Å²) in [6.45, 7) is 1.34. The molecular formula is C19H23F2N2O2S+. The number of benzene rings is 1. The van der Waals surface area contributed by atoms with Crippen LogP contribution in [0.25, 0.3) is 0 Å². The molecule has 0 spiro atoms. The van der Waals surface area contributed by atoms with Crippen LogP contribution in [0, 0.1) is 0 Å². The number of rotatable bonds is 7. The standard InChI is InChI=1S/C19H22F2N2O2S/c1-13-16-8-11-26-17(16)7-10-23(13)12-18(24)22-9-6-14-2-4-15(5-3-14)25-19(20)21/h2-5,8,11,13,19H,6-7,9-10,12H2,1H3,(H,22,24)/p+1/t13-/m1/s1. The van der Waals surface area contributed by atoms with Gasteiger partial charge in [-0.05, 0) is 42.5 Å². The molecule has 140 valence electrons. The second-order valence-corrected chi connectivity index (χ2v) is 7.48. The molecule has 1 unspecified atom stereocenters. The molecule has 1 aromatic carbocycles. The summed E-state index contributed by atoms with van der Waals surface area (Å²) in [4.78, 5) is 15.0. The van der Waals surface area contributed by atoms with Crippen LogP contribution in [0.3, 0.4) is 0 Å². The average molecular weight is 381 g/mol. The van der Waals surface area contributed by atoms with Crippen molar-refractivity contribution in [1.82, 2.24) is 5.32 Å². The number of nitrogens with one attached hydrogen (secondary N) is 2. The summed E-state index contributed by atoms with van der Waals surface area (Å²) >= 11 is 1.80. The summed E-state index contributed by atoms with van der Waals surface area (Å²) in [5.74, 6) is 0.187. The van der Waals surface area contributed by atoms with Gasteiger partial charge >= 0.3 is 6.61 Å². The predicted molar refractivity (Wildman–Crippen MR) is 96.9 cm³/mol. The molecule has 0 saturated carbocycles. The highest BCUT2D eigenvalue weighted by molar-refractivity contribution is 7.10. The summed E-state index contributed by atoms with van der Waals surface area (Å²) in [7, 11) is 0. The molecule has 3 rings (SSSR count). The quantitative estimate of drug-likeness (QED) is 0.772. The average Bonchev–Trinajstić information content (AvgIpc) is 3.08. The lowest BCUT2D eigenvalue weighted by molar-refractivity contribution is -0.924. The molecule has 0 radical (unpaired) electrons. The number of carbonyl (C=O) groups excluding carboxylic acids is 1. The Labute approximate surface area is 155 Å². The molecule has 0 aliphatic carbocycles. The molecule has 2 atom stereocenters. The molecule has 0 saturated heterocycles. The molecule has 2 heterocycles. The van der Waals surface area contributed by atoms with E-state index in [9.17, 15) is 13.6 Å². The fraction of sp³-hybridized carbons (Fsp3) is 0.421. The highest BCUT2D eigenvalue weighted by Gasteiger charge is 2.29. The van der Waals surface area contributed by atoms with E-state index in [1.54, 1.807) is 23.5 Å². The van der Waals surface area contributed by atoms with Crippen molar-refractivity contribution in [3.63, 3.8) is 0 Å². The number of quaternary nitrogens is 1. The zero-order chi connectivity index (χ0) is 18.5. The van der Waals surface area contributed by atoms with E-state index in [1.807, 2.05) is 0 Å². The van der Waals surface area contributed by atoms with Crippen LogP contribution >= 0.6 is 11.3 Å². The van der Waals surface area contributed by atoms with Gasteiger partial charge in [0.2, 0.25) is 0 Å². The molecule has 1 amide bonds. The van der Waals surface area contributed by atoms with Crippen molar-refractivity contribution in [2.24, 2.45) is 0 Å². The van der Waals surface area contributed by atoms with Crippen LogP contribution in [0.15, 0.2) is 35.7 Å². The van der Waals surface area contributed by atoms with Crippen molar-refractivity contribution in [3.05, 3.63) is 51.7 Å². The largest absolute Gasteiger partial charge is 0.435 e. The predicted octanol–water partition coefficient (Wildman–Crippen LogP) is 2.21. The van der Waals surface area contributed by atoms with Crippen molar-refractivity contribution in [3.8, 4) is 5.75 Å². The Morgan fingerprint density at radius 2 is 2.12 bits per heavy atom. The number of amides is 1. The number of alkyl halides is 2. The third-order valence-corrected chi connectivity index (χ3v) is 5.80. The minimum Gasteiger partial charge on any atom is -0.435 e. The van der Waals surface area contributed by atoms with Gasteiger partial charge in [-0.15, -0.1) is 11.3 Å². The Bertz CT molecular complexity index is 733. The number of thiophene rings is 1. The first kappa shape index (κ1) is 18.8. The van der Waals surface area contributed by atoms with E-state index in [1.165, 1.54) is 27.5 Å². The van der Waals surface area contributed by atoms with Crippen LogP contribution in [-0.2, 0) is 17.6 Å². The molecule has 7 heteroatoms. The second-order valence-electron chi connectivity index (χ2n) is 6.48. The van der Waals surface area contributed by atoms with Crippen LogP contribution in [0.1, 0.15) is 29.0 Å². The van der Waals surface area contributed by atoms with Crippen LogP contribution in [-0.4, -0.2) is 32.2 Å². The Hall–Kier alpha value is -1.99. The summed E-state index contributed by atoms with van der Waals surface area (Å²) in [5, 5.41) is 5.08. The lowest BCUT2D eigenvalue weighted by atomic mass is 10.0. The third-order valence-electron chi connectivity index (χ3n) is 4.80. The Morgan fingerprint density at radius 3 is 2.85 bits per heavy atom. The van der Waals surface area contributed by atoms with Gasteiger partial charge in [-0.1, -0.05) is 12.1 Å². The second kappa shape index (κ2) is 8.60. The van der Waals surface area contributed by atoms with Crippen LogP contribution in [0.5, 0.6) is 5.75 Å². The highest BCUT2D eigenvalue weighted by atomic mass is 32.1. The number of hydrogen-bond donors (Lipinski definition) is 2. The number of fused-ring (bicyclic) bond motifs is 1. The number of ether oxygens (including phenoxy) is 1. The van der Waals surface area contributed by atoms with Crippen molar-refractivity contribution < 1.29 is 23.2 Å². The minimum absolute atomic E-state index is 0.0446. The fourth-order valence-electron chi connectivity index (χ4n) is 3.34. The van der Waals surface area contributed by atoms with Crippen LogP contribution < -0.4 is 15.0 Å². The molecule has 0 bridgehead atoms. The molecule has 2 aromatic rings. The molecular weight excluding hydrogens is 358 g/mol. The summed E-state index contributed by atoms with van der Waals surface area (Å²) < 4.78 is 28.6. The Morgan fingerprint density at radius 1 is 1.35 bits per heavy atom. The SMILES string of the molecule is C[C@@H]1c2ccsc2CC[NH+]1CC(=O)NCCc1ccc(OC(F)F)cc1. The molecule has 26 heavy (non-hydrogen) atoms. The van der Waals surface area contributed by atoms with Crippen molar-refractivity contribution >= 4 is 17.2 Å². The van der Waals surface area contributed by atoms with E-state index in [4.69, 9.17) is 0 Å². The summed E-state index contributed by atoms with van der Waals surface area (Å²) in [6.07, 6.45) is 1.69. The first-order valence-corrected chi connectivity index (χ1v) is 9.62. The Balaban J connectivity index is 1.42. The minimum atomic E-state index is -2.81. The van der Waals surface area contributed by atoms with Crippen molar-refractivity contribution in [2.75, 3.05) is 19.6 Å². The number of carbonyl (C=O) groups is 1. The van der Waals surface area contributed by atoms with Gasteiger partial charge in [0.25, 0.3) is 5.91 Å². The molecule has 1 aromatic heterocycles. The molecule has 2 N–H and O–H groups in total. The topological polar surface area (TPSA) is 42.8 Å². The highest BCUT2D eigenvalue weighted by Crippen LogP contribution is 2.24. The summed E-state index contributed by atoms with van der Waals surface area (Å²) in [5.41, 5.74) is 2.34. The van der Waals surface area contributed by atoms with Crippen molar-refractivity contribution in [2.45, 2.75) is 32.4 Å². The van der Waals surface area contributed by atoms with Crippen molar-refractivity contribution in [1.29, 1.82) is 0 Å². The first-order valence-electron chi connectivity index (χ1n) is 8.74. The maximum absolute atomic E-state index is 12.2. The zero-order valence-electron chi connectivity index (χ0n) is 14.6. The van der Waals surface area contributed by atoms with Gasteiger partial charge in [0.1, 0.15) is 11.8 Å². The van der Waals surface area contributed by atoms with Gasteiger partial charge in [0, 0.05) is 23.4 Å². The lowest BCUT2D eigenvalue weighted by Crippen LogP contribution is -3.14. The third kappa shape index (κ3) is 4.80. The monoisotopic (exact) mass is 381 g/mol. The van der Waals surface area contributed by atoms with E-state index >= 15 is 0 Å². The van der Waals surface area contributed by atoms with Crippen LogP contribution in [0.2, 0.25) is 0 Å². The van der Waals surface area contributed by atoms with E-state index in [2.05, 4.69) is 28.4 Å². The fourth-order valence-corrected chi connectivity index (χ4v) is 4.32. The smallest absolute Gasteiger partial charge is 0.387 e. The molecule has 0 fully saturated rings. The van der Waals surface area contributed by atoms with Gasteiger partial charge in [-0.25, -0.2) is 0 Å². The van der Waals surface area contributed by atoms with Gasteiger partial charge in [-0.3, -0.25) is 4.79 Å². The molecule has 1 aliphatic heterocycles. The maximum atomic E-state index is 12.2. The van der Waals surface area contributed by atoms with Gasteiger partial charge in [-0.2, -0.15) is 8.78 Å². The number of hydrogen-bond acceptors (Lipinski definition) is 3. The van der Waals surface area contributed by atoms with Crippen LogP contribution in [0.4, 0.5) is 8.78 Å². The first-order chi connectivity index (χ1) is 12.5.